The molecule has 0 saturated carbocycles. The predicted octanol–water partition coefficient (Wildman–Crippen LogP) is 1.41. The minimum absolute atomic E-state index is 0.0988. The molecule has 0 radical (unpaired) electrons. The van der Waals surface area contributed by atoms with Crippen LogP contribution in [0.2, 0.25) is 0 Å². The maximum absolute atomic E-state index is 12.5. The molecule has 1 aliphatic heterocycles. The Balaban J connectivity index is 2.00. The Morgan fingerprint density at radius 3 is 2.96 bits per heavy atom. The van der Waals surface area contributed by atoms with Gasteiger partial charge >= 0.3 is 5.97 Å². The van der Waals surface area contributed by atoms with Gasteiger partial charge in [-0.05, 0) is 19.1 Å². The highest BCUT2D eigenvalue weighted by Gasteiger charge is 2.34. The van der Waals surface area contributed by atoms with Crippen LogP contribution < -0.4 is 5.32 Å². The van der Waals surface area contributed by atoms with Crippen molar-refractivity contribution >= 4 is 28.5 Å². The number of aliphatic hydroxyl groups excluding tert-OH is 1. The van der Waals surface area contributed by atoms with Gasteiger partial charge in [-0.1, -0.05) is 12.1 Å². The van der Waals surface area contributed by atoms with Crippen LogP contribution in [0.1, 0.15) is 5.76 Å². The molecular weight excluding hydrogens is 312 g/mol. The number of nitrogens with zero attached hydrogens (tertiary/aromatic N) is 1. The number of aryl methyl sites for hydroxylation is 1. The van der Waals surface area contributed by atoms with Crippen LogP contribution in [0.5, 0.6) is 0 Å². The molecule has 24 heavy (non-hydrogen) atoms. The van der Waals surface area contributed by atoms with E-state index in [9.17, 15) is 9.59 Å². The summed E-state index contributed by atoms with van der Waals surface area (Å²) in [5.41, 5.74) is 1.59. The van der Waals surface area contributed by atoms with Crippen molar-refractivity contribution in [3.8, 4) is 0 Å². The molecule has 1 aromatic heterocycles. The second-order valence-electron chi connectivity index (χ2n) is 5.50. The summed E-state index contributed by atoms with van der Waals surface area (Å²) in [6.07, 6.45) is 0. The fourth-order valence-corrected chi connectivity index (χ4v) is 2.77. The van der Waals surface area contributed by atoms with Gasteiger partial charge in [0.25, 0.3) is 5.91 Å². The van der Waals surface area contributed by atoms with E-state index in [0.29, 0.717) is 11.3 Å². The van der Waals surface area contributed by atoms with Crippen molar-refractivity contribution in [3.05, 3.63) is 41.3 Å². The third-order valence-electron chi connectivity index (χ3n) is 3.88. The van der Waals surface area contributed by atoms with Crippen LogP contribution >= 0.6 is 0 Å². The third kappa shape index (κ3) is 2.74. The molecular formula is C17H18N2O5. The highest BCUT2D eigenvalue weighted by molar-refractivity contribution is 6.09. The van der Waals surface area contributed by atoms with Crippen LogP contribution in [0.15, 0.2) is 40.0 Å². The Morgan fingerprint density at radius 2 is 2.25 bits per heavy atom. The van der Waals surface area contributed by atoms with E-state index in [2.05, 4.69) is 5.32 Å². The van der Waals surface area contributed by atoms with Gasteiger partial charge < -0.3 is 24.5 Å². The van der Waals surface area contributed by atoms with Gasteiger partial charge in [0, 0.05) is 11.9 Å². The number of ether oxygens (including phenoxy) is 1. The Kier molecular flexibility index (Phi) is 4.26. The van der Waals surface area contributed by atoms with Gasteiger partial charge in [0.15, 0.2) is 5.58 Å². The maximum Gasteiger partial charge on any atom is 0.337 e. The Labute approximate surface area is 138 Å². The van der Waals surface area contributed by atoms with E-state index in [4.69, 9.17) is 14.3 Å². The molecule has 0 atom stereocenters. The summed E-state index contributed by atoms with van der Waals surface area (Å²) < 4.78 is 10.4. The lowest BCUT2D eigenvalue weighted by Gasteiger charge is -2.15. The first-order chi connectivity index (χ1) is 11.5. The fourth-order valence-electron chi connectivity index (χ4n) is 2.77. The van der Waals surface area contributed by atoms with Crippen LogP contribution in [0, 0.1) is 6.92 Å². The number of hydrogen-bond acceptors (Lipinski definition) is 6. The monoisotopic (exact) mass is 330 g/mol. The minimum Gasteiger partial charge on any atom is -0.466 e. The highest BCUT2D eigenvalue weighted by atomic mass is 16.5. The molecule has 7 nitrogen and oxygen atoms in total. The summed E-state index contributed by atoms with van der Waals surface area (Å²) in [6.45, 7) is 1.91. The van der Waals surface area contributed by atoms with Crippen LogP contribution in [0.25, 0.3) is 11.0 Å². The summed E-state index contributed by atoms with van der Waals surface area (Å²) in [4.78, 5) is 25.9. The average Bonchev–Trinajstić information content (AvgIpc) is 3.09. The first kappa shape index (κ1) is 16.1. The zero-order chi connectivity index (χ0) is 17.3. The number of β-amino-alcohol motifs (C(OH)–C–C–N with tert-alkyl or cyclic N) is 1. The lowest BCUT2D eigenvalue weighted by atomic mass is 10.2. The van der Waals surface area contributed by atoms with Gasteiger partial charge in [-0.2, -0.15) is 0 Å². The molecule has 3 rings (SSSR count). The van der Waals surface area contributed by atoms with E-state index >= 15 is 0 Å². The number of anilines is 1. The second kappa shape index (κ2) is 6.37. The van der Waals surface area contributed by atoms with E-state index in [-0.39, 0.29) is 36.9 Å². The second-order valence-corrected chi connectivity index (χ2v) is 5.50. The smallest absolute Gasteiger partial charge is 0.337 e. The van der Waals surface area contributed by atoms with E-state index in [1.54, 1.807) is 6.07 Å². The van der Waals surface area contributed by atoms with Crippen molar-refractivity contribution in [2.45, 2.75) is 6.92 Å². The lowest BCUT2D eigenvalue weighted by molar-refractivity contribution is -0.136. The number of aliphatic hydroxyl groups is 1. The number of carbonyl (C=O) groups excluding carboxylic acids is 2. The highest BCUT2D eigenvalue weighted by Crippen LogP contribution is 2.30. The minimum atomic E-state index is -0.575. The molecule has 0 aliphatic carbocycles. The van der Waals surface area contributed by atoms with Gasteiger partial charge in [-0.15, -0.1) is 0 Å². The first-order valence-corrected chi connectivity index (χ1v) is 7.53. The molecule has 126 valence electrons. The molecule has 1 aliphatic rings. The van der Waals surface area contributed by atoms with Crippen molar-refractivity contribution in [1.82, 2.24) is 4.90 Å². The summed E-state index contributed by atoms with van der Waals surface area (Å²) >= 11 is 0. The first-order valence-electron chi connectivity index (χ1n) is 7.53. The number of hydrogen-bond donors (Lipinski definition) is 2. The van der Waals surface area contributed by atoms with E-state index in [1.165, 1.54) is 12.0 Å². The van der Waals surface area contributed by atoms with Gasteiger partial charge in [-0.3, -0.25) is 4.79 Å². The van der Waals surface area contributed by atoms with Crippen molar-refractivity contribution < 1.29 is 23.8 Å². The van der Waals surface area contributed by atoms with Gasteiger partial charge in [-0.25, -0.2) is 4.79 Å². The quantitative estimate of drug-likeness (QED) is 0.806. The number of fused-ring (bicyclic) bond motifs is 1. The molecule has 1 aromatic carbocycles. The molecule has 0 saturated heterocycles. The van der Waals surface area contributed by atoms with E-state index in [1.807, 2.05) is 25.1 Å². The Bertz CT molecular complexity index is 837. The van der Waals surface area contributed by atoms with Gasteiger partial charge in [0.05, 0.1) is 31.5 Å². The third-order valence-corrected chi connectivity index (χ3v) is 3.88. The number of nitrogens with one attached hydrogen (secondary N) is 1. The normalized spacial score (nSPS) is 14.6. The molecule has 1 amide bonds. The topological polar surface area (TPSA) is 92.0 Å². The SMILES string of the molecule is COC(=O)C1=C(Nc2cccc3cc(C)oc23)C(=O)N(CCO)C1. The molecule has 0 fully saturated rings. The number of furan rings is 1. The molecule has 0 spiro atoms. The summed E-state index contributed by atoms with van der Waals surface area (Å²) in [6, 6.07) is 7.41. The van der Waals surface area contributed by atoms with Crippen molar-refractivity contribution in [2.24, 2.45) is 0 Å². The van der Waals surface area contributed by atoms with E-state index < -0.39 is 5.97 Å². The average molecular weight is 330 g/mol. The van der Waals surface area contributed by atoms with Crippen molar-refractivity contribution in [2.75, 3.05) is 32.1 Å². The number of methoxy groups -OCH3 is 1. The molecule has 2 aromatic rings. The van der Waals surface area contributed by atoms with Crippen LogP contribution in [0.4, 0.5) is 5.69 Å². The van der Waals surface area contributed by atoms with Gasteiger partial charge in [0.2, 0.25) is 0 Å². The van der Waals surface area contributed by atoms with Crippen LogP contribution in [-0.2, 0) is 14.3 Å². The fraction of sp³-hybridized carbons (Fsp3) is 0.294. The molecule has 0 bridgehead atoms. The number of rotatable bonds is 5. The summed E-state index contributed by atoms with van der Waals surface area (Å²) in [7, 11) is 1.27. The van der Waals surface area contributed by atoms with Gasteiger partial charge in [0.1, 0.15) is 11.5 Å². The molecule has 2 heterocycles. The number of esters is 1. The molecule has 2 N–H and O–H groups in total. The summed E-state index contributed by atoms with van der Waals surface area (Å²) in [5, 5.41) is 13.0. The van der Waals surface area contributed by atoms with Crippen molar-refractivity contribution in [1.29, 1.82) is 0 Å². The largest absolute Gasteiger partial charge is 0.466 e. The van der Waals surface area contributed by atoms with Crippen LogP contribution in [-0.4, -0.2) is 48.7 Å². The number of amides is 1. The van der Waals surface area contributed by atoms with Crippen molar-refractivity contribution in [3.63, 3.8) is 0 Å². The number of para-hydroxylation sites is 1. The Morgan fingerprint density at radius 1 is 1.46 bits per heavy atom. The predicted molar refractivity (Wildman–Crippen MR) is 87.3 cm³/mol. The molecule has 7 heteroatoms. The Hall–Kier alpha value is -2.80. The zero-order valence-corrected chi connectivity index (χ0v) is 13.5. The molecule has 0 unspecified atom stereocenters. The van der Waals surface area contributed by atoms with Crippen LogP contribution in [0.3, 0.4) is 0 Å². The zero-order valence-electron chi connectivity index (χ0n) is 13.5. The number of carbonyl (C=O) groups is 2. The standard InChI is InChI=1S/C17H18N2O5/c1-10-8-11-4-3-5-13(15(11)24-10)18-14-12(17(22)23-2)9-19(6-7-20)16(14)21/h3-5,8,18,20H,6-7,9H2,1-2H3. The summed E-state index contributed by atoms with van der Waals surface area (Å²) in [5.74, 6) is -0.181. The maximum atomic E-state index is 12.5. The number of benzene rings is 1. The van der Waals surface area contributed by atoms with E-state index in [0.717, 1.165) is 11.1 Å². The lowest BCUT2D eigenvalue weighted by Crippen LogP contribution is -2.31.